The summed E-state index contributed by atoms with van der Waals surface area (Å²) < 4.78 is 39.1. The molecular formula is C15H19F3N2O2. The smallest absolute Gasteiger partial charge is 0.354 e. The number of carbonyl (C=O) groups is 2. The highest BCUT2D eigenvalue weighted by Crippen LogP contribution is 2.36. The lowest BCUT2D eigenvalue weighted by atomic mass is 10.1. The molecule has 1 aromatic carbocycles. The number of nitrogens with zero attached hydrogens (tertiary/aromatic N) is 1. The Morgan fingerprint density at radius 3 is 2.32 bits per heavy atom. The third-order valence-corrected chi connectivity index (χ3v) is 2.89. The molecule has 0 aliphatic carbocycles. The van der Waals surface area contributed by atoms with E-state index in [1.54, 1.807) is 13.8 Å². The van der Waals surface area contributed by atoms with Crippen LogP contribution in [0.4, 0.5) is 18.9 Å². The highest BCUT2D eigenvalue weighted by atomic mass is 19.4. The molecule has 0 aromatic heterocycles. The molecule has 7 heteroatoms. The second-order valence-electron chi connectivity index (χ2n) is 5.16. The van der Waals surface area contributed by atoms with Crippen LogP contribution < -0.4 is 10.2 Å². The molecule has 0 aliphatic heterocycles. The van der Waals surface area contributed by atoms with Crippen molar-refractivity contribution in [1.82, 2.24) is 5.32 Å². The molecular weight excluding hydrogens is 297 g/mol. The van der Waals surface area contributed by atoms with E-state index in [1.165, 1.54) is 25.1 Å². The Balaban J connectivity index is 2.98. The molecule has 1 N–H and O–H groups in total. The zero-order chi connectivity index (χ0) is 16.9. The summed E-state index contributed by atoms with van der Waals surface area (Å²) in [5.74, 6) is -0.861. The lowest BCUT2D eigenvalue weighted by Gasteiger charge is -2.24. The van der Waals surface area contributed by atoms with Gasteiger partial charge in [0, 0.05) is 25.9 Å². The quantitative estimate of drug-likeness (QED) is 0.908. The average Bonchev–Trinajstić information content (AvgIpc) is 2.37. The van der Waals surface area contributed by atoms with Crippen molar-refractivity contribution in [1.29, 1.82) is 0 Å². The van der Waals surface area contributed by atoms with E-state index in [0.717, 1.165) is 11.0 Å². The normalized spacial score (nSPS) is 11.4. The second-order valence-corrected chi connectivity index (χ2v) is 5.16. The largest absolute Gasteiger partial charge is 0.418 e. The number of anilines is 1. The SMILES string of the molecule is CC(=O)N(CCC(=O)NC(C)C)c1ccccc1C(F)(F)F. The number of para-hydroxylation sites is 1. The molecule has 4 nitrogen and oxygen atoms in total. The number of rotatable bonds is 5. The standard InChI is InChI=1S/C15H19F3N2O2/c1-10(2)19-14(22)8-9-20(11(3)21)13-7-5-4-6-12(13)15(16,17)18/h4-7,10H,8-9H2,1-3H3,(H,19,22). The van der Waals surface area contributed by atoms with Crippen LogP contribution in [0.1, 0.15) is 32.8 Å². The van der Waals surface area contributed by atoms with Gasteiger partial charge >= 0.3 is 6.18 Å². The molecule has 122 valence electrons. The lowest BCUT2D eigenvalue weighted by molar-refractivity contribution is -0.137. The summed E-state index contributed by atoms with van der Waals surface area (Å²) in [5.41, 5.74) is -1.13. The first-order valence-electron chi connectivity index (χ1n) is 6.86. The van der Waals surface area contributed by atoms with E-state index in [9.17, 15) is 22.8 Å². The van der Waals surface area contributed by atoms with Crippen molar-refractivity contribution in [3.63, 3.8) is 0 Å². The van der Waals surface area contributed by atoms with Crippen LogP contribution in [-0.4, -0.2) is 24.4 Å². The van der Waals surface area contributed by atoms with Crippen molar-refractivity contribution in [3.8, 4) is 0 Å². The minimum Gasteiger partial charge on any atom is -0.354 e. The van der Waals surface area contributed by atoms with E-state index in [2.05, 4.69) is 5.32 Å². The maximum Gasteiger partial charge on any atom is 0.418 e. The van der Waals surface area contributed by atoms with E-state index in [-0.39, 0.29) is 30.6 Å². The number of alkyl halides is 3. The molecule has 0 heterocycles. The lowest BCUT2D eigenvalue weighted by Crippen LogP contribution is -2.36. The Morgan fingerprint density at radius 1 is 1.23 bits per heavy atom. The molecule has 0 saturated carbocycles. The van der Waals surface area contributed by atoms with Crippen molar-refractivity contribution >= 4 is 17.5 Å². The van der Waals surface area contributed by atoms with Gasteiger partial charge in [-0.3, -0.25) is 9.59 Å². The number of carbonyl (C=O) groups excluding carboxylic acids is 2. The number of amides is 2. The van der Waals surface area contributed by atoms with Gasteiger partial charge in [0.2, 0.25) is 11.8 Å². The molecule has 0 saturated heterocycles. The van der Waals surface area contributed by atoms with Crippen molar-refractivity contribution in [2.24, 2.45) is 0 Å². The molecule has 1 aromatic rings. The fourth-order valence-corrected chi connectivity index (χ4v) is 2.00. The van der Waals surface area contributed by atoms with Crippen LogP contribution in [0, 0.1) is 0 Å². The predicted octanol–water partition coefficient (Wildman–Crippen LogP) is 2.97. The van der Waals surface area contributed by atoms with Gasteiger partial charge in [-0.2, -0.15) is 13.2 Å². The molecule has 0 spiro atoms. The van der Waals surface area contributed by atoms with Gasteiger partial charge in [-0.25, -0.2) is 0 Å². The first kappa shape index (κ1) is 18.0. The predicted molar refractivity (Wildman–Crippen MR) is 77.4 cm³/mol. The topological polar surface area (TPSA) is 49.4 Å². The van der Waals surface area contributed by atoms with E-state index in [4.69, 9.17) is 0 Å². The minimum atomic E-state index is -4.56. The average molecular weight is 316 g/mol. The van der Waals surface area contributed by atoms with E-state index in [1.807, 2.05) is 0 Å². The summed E-state index contributed by atoms with van der Waals surface area (Å²) in [4.78, 5) is 24.3. The molecule has 1 rings (SSSR count). The zero-order valence-corrected chi connectivity index (χ0v) is 12.7. The fourth-order valence-electron chi connectivity index (χ4n) is 2.00. The van der Waals surface area contributed by atoms with Crippen LogP contribution >= 0.6 is 0 Å². The summed E-state index contributed by atoms with van der Waals surface area (Å²) in [6.07, 6.45) is -4.63. The van der Waals surface area contributed by atoms with E-state index >= 15 is 0 Å². The summed E-state index contributed by atoms with van der Waals surface area (Å²) in [7, 11) is 0. The highest BCUT2D eigenvalue weighted by molar-refractivity contribution is 5.93. The van der Waals surface area contributed by atoms with Crippen LogP contribution in [0.15, 0.2) is 24.3 Å². The van der Waals surface area contributed by atoms with Crippen LogP contribution in [0.3, 0.4) is 0 Å². The van der Waals surface area contributed by atoms with Gasteiger partial charge in [0.1, 0.15) is 0 Å². The van der Waals surface area contributed by atoms with Crippen molar-refractivity contribution in [3.05, 3.63) is 29.8 Å². The monoisotopic (exact) mass is 316 g/mol. The van der Waals surface area contributed by atoms with Gasteiger partial charge in [-0.05, 0) is 26.0 Å². The zero-order valence-electron chi connectivity index (χ0n) is 12.7. The highest BCUT2D eigenvalue weighted by Gasteiger charge is 2.35. The summed E-state index contributed by atoms with van der Waals surface area (Å²) in [6, 6.07) is 4.76. The van der Waals surface area contributed by atoms with Crippen molar-refractivity contribution in [2.45, 2.75) is 39.4 Å². The number of benzene rings is 1. The maximum absolute atomic E-state index is 13.0. The van der Waals surface area contributed by atoms with Gasteiger partial charge in [-0.1, -0.05) is 12.1 Å². The van der Waals surface area contributed by atoms with Gasteiger partial charge < -0.3 is 10.2 Å². The molecule has 22 heavy (non-hydrogen) atoms. The van der Waals surface area contributed by atoms with E-state index in [0.29, 0.717) is 0 Å². The molecule has 0 bridgehead atoms. The molecule has 0 radical (unpaired) electrons. The van der Waals surface area contributed by atoms with Crippen LogP contribution in [0.25, 0.3) is 0 Å². The Bertz CT molecular complexity index is 542. The summed E-state index contributed by atoms with van der Waals surface area (Å²) >= 11 is 0. The molecule has 2 amide bonds. The first-order chi connectivity index (χ1) is 10.1. The Labute approximate surface area is 127 Å². The van der Waals surface area contributed by atoms with Crippen LogP contribution in [0.5, 0.6) is 0 Å². The Morgan fingerprint density at radius 2 is 1.82 bits per heavy atom. The van der Waals surface area contributed by atoms with Gasteiger partial charge in [0.25, 0.3) is 0 Å². The summed E-state index contributed by atoms with van der Waals surface area (Å²) in [5, 5.41) is 2.63. The third kappa shape index (κ3) is 5.05. The van der Waals surface area contributed by atoms with E-state index < -0.39 is 17.6 Å². The van der Waals surface area contributed by atoms with Crippen LogP contribution in [-0.2, 0) is 15.8 Å². The minimum absolute atomic E-state index is 0.0655. The van der Waals surface area contributed by atoms with Gasteiger partial charge in [-0.15, -0.1) is 0 Å². The van der Waals surface area contributed by atoms with Crippen molar-refractivity contribution in [2.75, 3.05) is 11.4 Å². The second kappa shape index (κ2) is 7.29. The number of nitrogens with one attached hydrogen (secondary N) is 1. The number of hydrogen-bond donors (Lipinski definition) is 1. The Hall–Kier alpha value is -2.05. The summed E-state index contributed by atoms with van der Waals surface area (Å²) in [6.45, 7) is 4.62. The molecule has 0 aliphatic rings. The first-order valence-corrected chi connectivity index (χ1v) is 6.86. The maximum atomic E-state index is 13.0. The van der Waals surface area contributed by atoms with Crippen molar-refractivity contribution < 1.29 is 22.8 Å². The number of halogens is 3. The van der Waals surface area contributed by atoms with Gasteiger partial charge in [0.05, 0.1) is 11.3 Å². The Kier molecular flexibility index (Phi) is 5.96. The fraction of sp³-hybridized carbons (Fsp3) is 0.467. The third-order valence-electron chi connectivity index (χ3n) is 2.89. The molecule has 0 atom stereocenters. The van der Waals surface area contributed by atoms with Crippen LogP contribution in [0.2, 0.25) is 0 Å². The molecule has 0 fully saturated rings. The molecule has 0 unspecified atom stereocenters. The van der Waals surface area contributed by atoms with Gasteiger partial charge in [0.15, 0.2) is 0 Å². The number of hydrogen-bond acceptors (Lipinski definition) is 2.